The standard InChI is InChI=1S/C29H37ClF2N4O/c30-26-6-2-1-4-24(26)21-36(17-16-34-14-11-29(31,32)12-15-34)28(37)18-33-27-7-3-5-23-20-35(13-10-25(23)27)19-22-8-9-22/h1-7,22,33H,8-21H2. The fraction of sp³-hybridized carbons (Fsp3) is 0.552. The second kappa shape index (κ2) is 11.7. The van der Waals surface area contributed by atoms with Crippen molar-refractivity contribution in [2.75, 3.05) is 51.1 Å². The molecular weight excluding hydrogens is 494 g/mol. The van der Waals surface area contributed by atoms with Crippen molar-refractivity contribution in [1.29, 1.82) is 0 Å². The topological polar surface area (TPSA) is 38.8 Å². The molecule has 5 nitrogen and oxygen atoms in total. The maximum atomic E-state index is 13.6. The summed E-state index contributed by atoms with van der Waals surface area (Å²) in [4.78, 5) is 19.8. The average Bonchev–Trinajstić information content (AvgIpc) is 3.70. The second-order valence-electron chi connectivity index (χ2n) is 10.8. The molecule has 1 saturated heterocycles. The number of halogens is 3. The molecule has 2 heterocycles. The Morgan fingerprint density at radius 2 is 1.84 bits per heavy atom. The number of nitrogens with one attached hydrogen (secondary N) is 1. The van der Waals surface area contributed by atoms with Gasteiger partial charge in [-0.15, -0.1) is 0 Å². The molecule has 37 heavy (non-hydrogen) atoms. The molecule has 2 fully saturated rings. The van der Waals surface area contributed by atoms with Gasteiger partial charge >= 0.3 is 0 Å². The fourth-order valence-electron chi connectivity index (χ4n) is 5.43. The van der Waals surface area contributed by atoms with E-state index in [1.165, 1.54) is 30.5 Å². The van der Waals surface area contributed by atoms with E-state index in [0.717, 1.165) is 36.7 Å². The molecule has 200 valence electrons. The summed E-state index contributed by atoms with van der Waals surface area (Å²) in [5.41, 5.74) is 4.58. The molecule has 5 rings (SSSR count). The van der Waals surface area contributed by atoms with Gasteiger partial charge in [0.25, 0.3) is 5.92 Å². The van der Waals surface area contributed by atoms with E-state index in [0.29, 0.717) is 37.7 Å². The lowest BCUT2D eigenvalue weighted by atomic mass is 9.97. The van der Waals surface area contributed by atoms with E-state index < -0.39 is 5.92 Å². The maximum Gasteiger partial charge on any atom is 0.250 e. The summed E-state index contributed by atoms with van der Waals surface area (Å²) >= 11 is 6.40. The van der Waals surface area contributed by atoms with Gasteiger partial charge < -0.3 is 15.1 Å². The molecule has 2 aliphatic heterocycles. The molecule has 1 aliphatic carbocycles. The van der Waals surface area contributed by atoms with Crippen LogP contribution in [0.1, 0.15) is 42.4 Å². The molecule has 1 amide bonds. The van der Waals surface area contributed by atoms with E-state index in [2.05, 4.69) is 28.4 Å². The molecule has 8 heteroatoms. The summed E-state index contributed by atoms with van der Waals surface area (Å²) in [6.45, 7) is 5.57. The predicted octanol–water partition coefficient (Wildman–Crippen LogP) is 5.28. The first-order valence-corrected chi connectivity index (χ1v) is 13.9. The van der Waals surface area contributed by atoms with Crippen molar-refractivity contribution in [1.82, 2.24) is 14.7 Å². The number of likely N-dealkylation sites (tertiary alicyclic amines) is 1. The number of carbonyl (C=O) groups is 1. The number of fused-ring (bicyclic) bond motifs is 1. The lowest BCUT2D eigenvalue weighted by Crippen LogP contribution is -2.45. The van der Waals surface area contributed by atoms with Crippen molar-refractivity contribution in [2.24, 2.45) is 5.92 Å². The molecule has 3 aliphatic rings. The van der Waals surface area contributed by atoms with E-state index in [1.807, 2.05) is 29.2 Å². The first kappa shape index (κ1) is 26.4. The first-order valence-electron chi connectivity index (χ1n) is 13.5. The van der Waals surface area contributed by atoms with E-state index in [-0.39, 0.29) is 25.3 Å². The Labute approximate surface area is 223 Å². The van der Waals surface area contributed by atoms with Crippen LogP contribution >= 0.6 is 11.6 Å². The monoisotopic (exact) mass is 530 g/mol. The molecule has 0 radical (unpaired) electrons. The number of alkyl halides is 2. The molecule has 1 saturated carbocycles. The van der Waals surface area contributed by atoms with Crippen molar-refractivity contribution in [2.45, 2.75) is 51.1 Å². The third-order valence-electron chi connectivity index (χ3n) is 7.93. The summed E-state index contributed by atoms with van der Waals surface area (Å²) < 4.78 is 27.2. The molecule has 1 N–H and O–H groups in total. The number of benzene rings is 2. The highest BCUT2D eigenvalue weighted by Crippen LogP contribution is 2.33. The van der Waals surface area contributed by atoms with Gasteiger partial charge in [-0.25, -0.2) is 8.78 Å². The number of amides is 1. The van der Waals surface area contributed by atoms with Gasteiger partial charge in [-0.2, -0.15) is 0 Å². The van der Waals surface area contributed by atoms with Gasteiger partial charge in [0.05, 0.1) is 6.54 Å². The largest absolute Gasteiger partial charge is 0.376 e. The molecule has 2 aromatic carbocycles. The average molecular weight is 531 g/mol. The Bertz CT molecular complexity index is 1080. The Balaban J connectivity index is 1.21. The Kier molecular flexibility index (Phi) is 8.32. The predicted molar refractivity (Wildman–Crippen MR) is 144 cm³/mol. The van der Waals surface area contributed by atoms with Gasteiger partial charge in [0.1, 0.15) is 0 Å². The fourth-order valence-corrected chi connectivity index (χ4v) is 5.62. The number of hydrogen-bond donors (Lipinski definition) is 1. The Morgan fingerprint density at radius 1 is 1.05 bits per heavy atom. The number of rotatable bonds is 10. The highest BCUT2D eigenvalue weighted by Gasteiger charge is 2.34. The third-order valence-corrected chi connectivity index (χ3v) is 8.30. The van der Waals surface area contributed by atoms with Crippen LogP contribution in [-0.2, 0) is 24.3 Å². The van der Waals surface area contributed by atoms with Crippen LogP contribution in [0.4, 0.5) is 14.5 Å². The van der Waals surface area contributed by atoms with Crippen LogP contribution in [0, 0.1) is 5.92 Å². The van der Waals surface area contributed by atoms with Gasteiger partial charge in [0.15, 0.2) is 0 Å². The smallest absolute Gasteiger partial charge is 0.250 e. The van der Waals surface area contributed by atoms with E-state index in [1.54, 1.807) is 4.90 Å². The van der Waals surface area contributed by atoms with Crippen LogP contribution < -0.4 is 5.32 Å². The third kappa shape index (κ3) is 7.21. The molecule has 0 spiro atoms. The van der Waals surface area contributed by atoms with Crippen molar-refractivity contribution in [3.8, 4) is 0 Å². The highest BCUT2D eigenvalue weighted by atomic mass is 35.5. The second-order valence-corrected chi connectivity index (χ2v) is 11.2. The number of nitrogens with zero attached hydrogens (tertiary/aromatic N) is 3. The molecular formula is C29H37ClF2N4O. The number of piperidine rings is 1. The van der Waals surface area contributed by atoms with Crippen LogP contribution in [-0.4, -0.2) is 72.3 Å². The lowest BCUT2D eigenvalue weighted by molar-refractivity contribution is -0.130. The number of hydrogen-bond acceptors (Lipinski definition) is 4. The van der Waals surface area contributed by atoms with Crippen LogP contribution in [0.3, 0.4) is 0 Å². The summed E-state index contributed by atoms with van der Waals surface area (Å²) in [7, 11) is 0. The van der Waals surface area contributed by atoms with E-state index in [4.69, 9.17) is 11.6 Å². The number of carbonyl (C=O) groups excluding carboxylic acids is 1. The summed E-state index contributed by atoms with van der Waals surface area (Å²) in [6, 6.07) is 13.9. The van der Waals surface area contributed by atoms with Crippen molar-refractivity contribution < 1.29 is 13.6 Å². The normalized spacial score (nSPS) is 19.9. The minimum Gasteiger partial charge on any atom is -0.376 e. The van der Waals surface area contributed by atoms with E-state index in [9.17, 15) is 13.6 Å². The molecule has 0 atom stereocenters. The zero-order valence-corrected chi connectivity index (χ0v) is 22.2. The van der Waals surface area contributed by atoms with Crippen LogP contribution in [0.15, 0.2) is 42.5 Å². The van der Waals surface area contributed by atoms with Gasteiger partial charge in [-0.3, -0.25) is 9.69 Å². The van der Waals surface area contributed by atoms with Crippen molar-refractivity contribution >= 4 is 23.2 Å². The van der Waals surface area contributed by atoms with Crippen LogP contribution in [0.5, 0.6) is 0 Å². The van der Waals surface area contributed by atoms with Crippen LogP contribution in [0.25, 0.3) is 0 Å². The molecule has 0 aromatic heterocycles. The van der Waals surface area contributed by atoms with Gasteiger partial charge in [-0.05, 0) is 54.0 Å². The zero-order chi connectivity index (χ0) is 25.8. The minimum absolute atomic E-state index is 0.0222. The summed E-state index contributed by atoms with van der Waals surface area (Å²) in [5, 5.41) is 4.04. The van der Waals surface area contributed by atoms with Gasteiger partial charge in [0.2, 0.25) is 5.91 Å². The quantitative estimate of drug-likeness (QED) is 0.453. The minimum atomic E-state index is -2.57. The molecule has 2 aromatic rings. The molecule has 0 unspecified atom stereocenters. The van der Waals surface area contributed by atoms with Gasteiger partial charge in [0, 0.05) is 75.9 Å². The van der Waals surface area contributed by atoms with Crippen LogP contribution in [0.2, 0.25) is 5.02 Å². The lowest BCUT2D eigenvalue weighted by Gasteiger charge is -2.33. The van der Waals surface area contributed by atoms with Crippen molar-refractivity contribution in [3.63, 3.8) is 0 Å². The summed E-state index contributed by atoms with van der Waals surface area (Å²) in [5.74, 6) is -1.71. The Hall–Kier alpha value is -2.22. The van der Waals surface area contributed by atoms with Crippen molar-refractivity contribution in [3.05, 3.63) is 64.2 Å². The first-order chi connectivity index (χ1) is 17.9. The number of anilines is 1. The summed E-state index contributed by atoms with van der Waals surface area (Å²) in [6.07, 6.45) is 3.47. The SMILES string of the molecule is O=C(CNc1cccc2c1CCN(CC1CC1)C2)N(CCN1CCC(F)(F)CC1)Cc1ccccc1Cl. The van der Waals surface area contributed by atoms with E-state index >= 15 is 0 Å². The highest BCUT2D eigenvalue weighted by molar-refractivity contribution is 6.31. The molecule has 0 bridgehead atoms. The van der Waals surface area contributed by atoms with Gasteiger partial charge in [-0.1, -0.05) is 41.9 Å². The Morgan fingerprint density at radius 3 is 2.59 bits per heavy atom. The maximum absolute atomic E-state index is 13.6. The zero-order valence-electron chi connectivity index (χ0n) is 21.4.